The SMILES string of the molecule is CCC(CO)c1cnc2c(c1)C(=O)C(=O)c1cccnc1-2. The minimum absolute atomic E-state index is 0.0199. The molecule has 5 heteroatoms. The molecule has 5 nitrogen and oxygen atoms in total. The fraction of sp³-hybridized carbons (Fsp3) is 0.250. The lowest BCUT2D eigenvalue weighted by atomic mass is 9.88. The second-order valence-corrected chi connectivity index (χ2v) is 5.01. The Balaban J connectivity index is 2.20. The zero-order valence-corrected chi connectivity index (χ0v) is 11.5. The van der Waals surface area contributed by atoms with Gasteiger partial charge in [-0.15, -0.1) is 0 Å². The van der Waals surface area contributed by atoms with Gasteiger partial charge in [0.15, 0.2) is 0 Å². The molecule has 1 N–H and O–H groups in total. The molecule has 21 heavy (non-hydrogen) atoms. The van der Waals surface area contributed by atoms with Gasteiger partial charge in [0, 0.05) is 24.9 Å². The van der Waals surface area contributed by atoms with E-state index in [1.807, 2.05) is 6.92 Å². The summed E-state index contributed by atoms with van der Waals surface area (Å²) < 4.78 is 0. The number of carbonyl (C=O) groups is 2. The first kappa shape index (κ1) is 13.6. The highest BCUT2D eigenvalue weighted by molar-refractivity contribution is 6.52. The van der Waals surface area contributed by atoms with E-state index in [0.29, 0.717) is 17.0 Å². The Hall–Kier alpha value is -2.40. The summed E-state index contributed by atoms with van der Waals surface area (Å²) in [4.78, 5) is 32.9. The predicted octanol–water partition coefficient (Wildman–Crippen LogP) is 2.01. The highest BCUT2D eigenvalue weighted by atomic mass is 16.3. The number of aromatic nitrogens is 2. The highest BCUT2D eigenvalue weighted by Gasteiger charge is 2.32. The standard InChI is InChI=1S/C16H14N2O3/c1-2-9(8-19)10-6-12-14(18-7-10)13-11(4-3-5-17-13)15(20)16(12)21/h3-7,9,19H,2,8H2,1H3. The molecule has 1 aliphatic carbocycles. The van der Waals surface area contributed by atoms with Crippen molar-refractivity contribution in [2.24, 2.45) is 0 Å². The molecule has 0 saturated heterocycles. The van der Waals surface area contributed by atoms with Gasteiger partial charge in [0.2, 0.25) is 11.6 Å². The average molecular weight is 282 g/mol. The largest absolute Gasteiger partial charge is 0.396 e. The summed E-state index contributed by atoms with van der Waals surface area (Å²) in [6, 6.07) is 4.87. The Morgan fingerprint density at radius 2 is 1.86 bits per heavy atom. The van der Waals surface area contributed by atoms with Crippen LogP contribution in [0.3, 0.4) is 0 Å². The maximum Gasteiger partial charge on any atom is 0.235 e. The molecule has 0 amide bonds. The smallest absolute Gasteiger partial charge is 0.235 e. The third-order valence-electron chi connectivity index (χ3n) is 3.82. The maximum absolute atomic E-state index is 12.3. The van der Waals surface area contributed by atoms with Crippen LogP contribution in [0.5, 0.6) is 0 Å². The van der Waals surface area contributed by atoms with Crippen molar-refractivity contribution in [3.8, 4) is 11.4 Å². The van der Waals surface area contributed by atoms with Gasteiger partial charge in [0.1, 0.15) is 11.4 Å². The summed E-state index contributed by atoms with van der Waals surface area (Å²) in [5.41, 5.74) is 2.21. The second kappa shape index (κ2) is 5.18. The van der Waals surface area contributed by atoms with E-state index in [-0.39, 0.29) is 18.1 Å². The van der Waals surface area contributed by atoms with Crippen LogP contribution < -0.4 is 0 Å². The molecule has 1 atom stereocenters. The van der Waals surface area contributed by atoms with Crippen molar-refractivity contribution < 1.29 is 14.7 Å². The molecule has 2 heterocycles. The fourth-order valence-electron chi connectivity index (χ4n) is 2.56. The zero-order chi connectivity index (χ0) is 15.0. The molecular weight excluding hydrogens is 268 g/mol. The van der Waals surface area contributed by atoms with Crippen LogP contribution in [0, 0.1) is 0 Å². The Kier molecular flexibility index (Phi) is 3.35. The number of aliphatic hydroxyl groups excluding tert-OH is 1. The first-order valence-electron chi connectivity index (χ1n) is 6.82. The number of Topliss-reactive ketones (excluding diaryl/α,β-unsaturated/α-hetero) is 2. The summed E-state index contributed by atoms with van der Waals surface area (Å²) in [5, 5.41) is 9.37. The van der Waals surface area contributed by atoms with Crippen LogP contribution in [-0.2, 0) is 0 Å². The number of nitrogens with zero attached hydrogens (tertiary/aromatic N) is 2. The molecule has 1 unspecified atom stereocenters. The number of hydrogen-bond acceptors (Lipinski definition) is 5. The van der Waals surface area contributed by atoms with Crippen LogP contribution in [-0.4, -0.2) is 33.2 Å². The van der Waals surface area contributed by atoms with Gasteiger partial charge in [-0.3, -0.25) is 19.6 Å². The molecule has 0 radical (unpaired) electrons. The lowest BCUT2D eigenvalue weighted by Gasteiger charge is -2.18. The zero-order valence-electron chi connectivity index (χ0n) is 11.5. The summed E-state index contributed by atoms with van der Waals surface area (Å²) in [6.07, 6.45) is 3.95. The van der Waals surface area contributed by atoms with Crippen LogP contribution in [0.4, 0.5) is 0 Å². The van der Waals surface area contributed by atoms with Crippen molar-refractivity contribution in [1.82, 2.24) is 9.97 Å². The van der Waals surface area contributed by atoms with Gasteiger partial charge in [0.25, 0.3) is 0 Å². The third-order valence-corrected chi connectivity index (χ3v) is 3.82. The third kappa shape index (κ3) is 2.06. The van der Waals surface area contributed by atoms with E-state index in [2.05, 4.69) is 9.97 Å². The summed E-state index contributed by atoms with van der Waals surface area (Å²) in [6.45, 7) is 1.93. The van der Waals surface area contributed by atoms with Crippen molar-refractivity contribution in [2.45, 2.75) is 19.3 Å². The number of fused-ring (bicyclic) bond motifs is 3. The van der Waals surface area contributed by atoms with E-state index in [1.54, 1.807) is 30.6 Å². The Morgan fingerprint density at radius 1 is 1.14 bits per heavy atom. The van der Waals surface area contributed by atoms with Gasteiger partial charge in [-0.2, -0.15) is 0 Å². The molecule has 0 aromatic carbocycles. The number of rotatable bonds is 3. The number of pyridine rings is 2. The molecule has 2 aromatic rings. The van der Waals surface area contributed by atoms with Crippen LogP contribution in [0.25, 0.3) is 11.4 Å². The van der Waals surface area contributed by atoms with E-state index < -0.39 is 11.6 Å². The average Bonchev–Trinajstić information content (AvgIpc) is 2.54. The number of hydrogen-bond donors (Lipinski definition) is 1. The van der Waals surface area contributed by atoms with Gasteiger partial charge < -0.3 is 5.11 Å². The quantitative estimate of drug-likeness (QED) is 0.871. The number of ketones is 2. The molecule has 0 bridgehead atoms. The first-order chi connectivity index (χ1) is 10.2. The van der Waals surface area contributed by atoms with Gasteiger partial charge >= 0.3 is 0 Å². The summed E-state index contributed by atoms with van der Waals surface area (Å²) in [5.74, 6) is -1.20. The Morgan fingerprint density at radius 3 is 2.57 bits per heavy atom. The maximum atomic E-state index is 12.3. The molecule has 3 rings (SSSR count). The van der Waals surface area contributed by atoms with Gasteiger partial charge in [-0.05, 0) is 30.2 Å². The predicted molar refractivity (Wildman–Crippen MR) is 76.2 cm³/mol. The molecule has 106 valence electrons. The second-order valence-electron chi connectivity index (χ2n) is 5.01. The topological polar surface area (TPSA) is 80.2 Å². The lowest BCUT2D eigenvalue weighted by Crippen LogP contribution is -2.23. The summed E-state index contributed by atoms with van der Waals surface area (Å²) in [7, 11) is 0. The van der Waals surface area contributed by atoms with Gasteiger partial charge in [-0.25, -0.2) is 0 Å². The van der Waals surface area contributed by atoms with Gasteiger partial charge in [0.05, 0.1) is 11.1 Å². The lowest BCUT2D eigenvalue weighted by molar-refractivity contribution is 0.0814. The molecular formula is C16H14N2O3. The monoisotopic (exact) mass is 282 g/mol. The number of aliphatic hydroxyl groups is 1. The minimum atomic E-state index is -0.562. The van der Waals surface area contributed by atoms with Crippen molar-refractivity contribution in [2.75, 3.05) is 6.61 Å². The minimum Gasteiger partial charge on any atom is -0.396 e. The van der Waals surface area contributed by atoms with E-state index in [0.717, 1.165) is 12.0 Å². The Labute approximate surface area is 121 Å². The highest BCUT2D eigenvalue weighted by Crippen LogP contribution is 2.32. The fourth-order valence-corrected chi connectivity index (χ4v) is 2.56. The molecule has 0 fully saturated rings. The van der Waals surface area contributed by atoms with Crippen molar-refractivity contribution >= 4 is 11.6 Å². The molecule has 2 aromatic heterocycles. The summed E-state index contributed by atoms with van der Waals surface area (Å²) >= 11 is 0. The van der Waals surface area contributed by atoms with Crippen LogP contribution in [0.1, 0.15) is 45.5 Å². The normalized spacial score (nSPS) is 14.6. The van der Waals surface area contributed by atoms with E-state index in [4.69, 9.17) is 0 Å². The van der Waals surface area contributed by atoms with E-state index in [9.17, 15) is 14.7 Å². The van der Waals surface area contributed by atoms with Crippen molar-refractivity contribution in [3.05, 3.63) is 47.3 Å². The first-order valence-corrected chi connectivity index (χ1v) is 6.82. The molecule has 0 saturated carbocycles. The van der Waals surface area contributed by atoms with Crippen LogP contribution in [0.2, 0.25) is 0 Å². The van der Waals surface area contributed by atoms with E-state index >= 15 is 0 Å². The molecule has 1 aliphatic rings. The number of carbonyl (C=O) groups excluding carboxylic acids is 2. The Bertz CT molecular complexity index is 736. The van der Waals surface area contributed by atoms with Crippen molar-refractivity contribution in [3.63, 3.8) is 0 Å². The van der Waals surface area contributed by atoms with Crippen molar-refractivity contribution in [1.29, 1.82) is 0 Å². The van der Waals surface area contributed by atoms with Crippen LogP contribution in [0.15, 0.2) is 30.6 Å². The van der Waals surface area contributed by atoms with Crippen LogP contribution >= 0.6 is 0 Å². The molecule has 0 spiro atoms. The molecule has 0 aliphatic heterocycles. The van der Waals surface area contributed by atoms with Gasteiger partial charge in [-0.1, -0.05) is 6.92 Å². The van der Waals surface area contributed by atoms with E-state index in [1.165, 1.54) is 0 Å².